The molecule has 27 heavy (non-hydrogen) atoms. The summed E-state index contributed by atoms with van der Waals surface area (Å²) in [5, 5.41) is 22.4. The molecule has 8 nitrogen and oxygen atoms in total. The van der Waals surface area contributed by atoms with Crippen LogP contribution in [0.1, 0.15) is 12.0 Å². The molecule has 0 spiro atoms. The number of nitrogens with zero attached hydrogens (tertiary/aromatic N) is 3. The number of hydrogen-bond acceptors (Lipinski definition) is 6. The van der Waals surface area contributed by atoms with Gasteiger partial charge >= 0.3 is 0 Å². The number of hydrogen-bond donors (Lipinski definition) is 4. The largest absolute Gasteiger partial charge is 0.379 e. The normalized spacial score (nSPS) is 16.6. The van der Waals surface area contributed by atoms with Crippen molar-refractivity contribution in [1.29, 1.82) is 5.41 Å². The first-order valence-corrected chi connectivity index (χ1v) is 8.62. The fourth-order valence-electron chi connectivity index (χ4n) is 2.88. The molecular formula is C17H16ClFN6O2. The second-order valence-corrected chi connectivity index (χ2v) is 6.51. The monoisotopic (exact) mass is 390 g/mol. The Hall–Kier alpha value is -2.75. The summed E-state index contributed by atoms with van der Waals surface area (Å²) in [7, 11) is 0. The number of aromatic nitrogens is 3. The summed E-state index contributed by atoms with van der Waals surface area (Å²) in [5.74, 6) is -0.320. The van der Waals surface area contributed by atoms with Gasteiger partial charge in [-0.2, -0.15) is 4.98 Å². The van der Waals surface area contributed by atoms with Gasteiger partial charge in [-0.1, -0.05) is 11.6 Å². The molecule has 3 heterocycles. The Balaban J connectivity index is 1.64. The number of anilines is 2. The predicted octanol–water partition coefficient (Wildman–Crippen LogP) is 3.17. The third-order valence-corrected chi connectivity index (χ3v) is 4.57. The van der Waals surface area contributed by atoms with E-state index in [0.717, 1.165) is 12.5 Å². The number of pyridine rings is 1. The van der Waals surface area contributed by atoms with Gasteiger partial charge < -0.3 is 15.0 Å². The smallest absolute Gasteiger partial charge is 0.203 e. The Morgan fingerprint density at radius 1 is 1.44 bits per heavy atom. The zero-order chi connectivity index (χ0) is 19.0. The molecule has 1 saturated heterocycles. The van der Waals surface area contributed by atoms with Crippen LogP contribution in [0.5, 0.6) is 0 Å². The Morgan fingerprint density at radius 2 is 2.30 bits per heavy atom. The molecule has 0 saturated carbocycles. The summed E-state index contributed by atoms with van der Waals surface area (Å²) in [6, 6.07) is 5.43. The van der Waals surface area contributed by atoms with Crippen molar-refractivity contribution in [3.05, 3.63) is 46.9 Å². The lowest BCUT2D eigenvalue weighted by atomic mass is 10.2. The van der Waals surface area contributed by atoms with Crippen molar-refractivity contribution in [2.75, 3.05) is 23.6 Å². The molecule has 1 fully saturated rings. The topological polar surface area (TPSA) is 110 Å². The number of nitrogens with one attached hydrogen (secondary N) is 3. The molecular weight excluding hydrogens is 375 g/mol. The van der Waals surface area contributed by atoms with Crippen molar-refractivity contribution in [3.8, 4) is 0 Å². The average molecular weight is 391 g/mol. The number of benzene rings is 1. The minimum absolute atomic E-state index is 0.147. The van der Waals surface area contributed by atoms with E-state index in [1.54, 1.807) is 6.07 Å². The van der Waals surface area contributed by atoms with Crippen molar-refractivity contribution in [1.82, 2.24) is 15.0 Å². The highest BCUT2D eigenvalue weighted by atomic mass is 35.5. The SMILES string of the molecule is N=C(c1ccnc2nc(NC3CCOC3)[nH]c12)N(O)c1ccc(F)c(Cl)c1. The molecule has 140 valence electrons. The van der Waals surface area contributed by atoms with Crippen LogP contribution in [0.15, 0.2) is 30.5 Å². The number of aromatic amines is 1. The lowest BCUT2D eigenvalue weighted by molar-refractivity contribution is 0.195. The fraction of sp³-hybridized carbons (Fsp3) is 0.235. The van der Waals surface area contributed by atoms with Crippen molar-refractivity contribution in [2.45, 2.75) is 12.5 Å². The first-order valence-electron chi connectivity index (χ1n) is 8.25. The molecule has 0 amide bonds. The first-order chi connectivity index (χ1) is 13.0. The molecule has 2 aromatic heterocycles. The van der Waals surface area contributed by atoms with E-state index in [2.05, 4.69) is 20.3 Å². The van der Waals surface area contributed by atoms with Gasteiger partial charge in [0, 0.05) is 18.4 Å². The molecule has 1 unspecified atom stereocenters. The number of imidazole rings is 1. The van der Waals surface area contributed by atoms with E-state index in [-0.39, 0.29) is 22.6 Å². The lowest BCUT2D eigenvalue weighted by Crippen LogP contribution is -2.27. The van der Waals surface area contributed by atoms with Gasteiger partial charge in [0.05, 0.1) is 28.9 Å². The highest BCUT2D eigenvalue weighted by Gasteiger charge is 2.20. The van der Waals surface area contributed by atoms with Crippen LogP contribution in [0.25, 0.3) is 11.2 Å². The van der Waals surface area contributed by atoms with Gasteiger partial charge in [0.25, 0.3) is 0 Å². The van der Waals surface area contributed by atoms with E-state index in [1.165, 1.54) is 18.3 Å². The molecule has 10 heteroatoms. The minimum Gasteiger partial charge on any atom is -0.379 e. The van der Waals surface area contributed by atoms with Crippen LogP contribution in [0.4, 0.5) is 16.0 Å². The van der Waals surface area contributed by atoms with Gasteiger partial charge in [-0.05, 0) is 30.7 Å². The molecule has 0 radical (unpaired) electrons. The number of fused-ring (bicyclic) bond motifs is 1. The summed E-state index contributed by atoms with van der Waals surface area (Å²) in [5.41, 5.74) is 1.45. The van der Waals surface area contributed by atoms with Crippen LogP contribution >= 0.6 is 11.6 Å². The number of H-pyrrole nitrogens is 1. The second kappa shape index (κ2) is 7.10. The van der Waals surface area contributed by atoms with E-state index in [0.29, 0.717) is 41.0 Å². The molecule has 0 aliphatic carbocycles. The number of hydroxylamine groups is 1. The fourth-order valence-corrected chi connectivity index (χ4v) is 3.05. The zero-order valence-corrected chi connectivity index (χ0v) is 14.8. The van der Waals surface area contributed by atoms with E-state index >= 15 is 0 Å². The quantitative estimate of drug-likeness (QED) is 0.309. The number of amidine groups is 1. The Morgan fingerprint density at radius 3 is 3.04 bits per heavy atom. The molecule has 0 bridgehead atoms. The first kappa shape index (κ1) is 17.7. The van der Waals surface area contributed by atoms with Crippen molar-refractivity contribution in [2.24, 2.45) is 0 Å². The number of halogens is 2. The maximum Gasteiger partial charge on any atom is 0.203 e. The number of ether oxygens (including phenoxy) is 1. The second-order valence-electron chi connectivity index (χ2n) is 6.11. The minimum atomic E-state index is -0.605. The van der Waals surface area contributed by atoms with Gasteiger partial charge in [0.2, 0.25) is 5.95 Å². The molecule has 4 rings (SSSR count). The van der Waals surface area contributed by atoms with Gasteiger partial charge in [0.15, 0.2) is 11.5 Å². The van der Waals surface area contributed by atoms with Crippen LogP contribution < -0.4 is 10.4 Å². The summed E-state index contributed by atoms with van der Waals surface area (Å²) in [6.45, 7) is 1.30. The molecule has 1 atom stereocenters. The van der Waals surface area contributed by atoms with Gasteiger partial charge in [-0.3, -0.25) is 10.6 Å². The summed E-state index contributed by atoms with van der Waals surface area (Å²) in [4.78, 5) is 11.7. The van der Waals surface area contributed by atoms with Gasteiger partial charge in [0.1, 0.15) is 5.82 Å². The van der Waals surface area contributed by atoms with E-state index in [9.17, 15) is 9.60 Å². The van der Waals surface area contributed by atoms with Crippen LogP contribution in [0, 0.1) is 11.2 Å². The van der Waals surface area contributed by atoms with E-state index in [1.807, 2.05) is 0 Å². The van der Waals surface area contributed by atoms with Crippen molar-refractivity contribution >= 4 is 40.2 Å². The molecule has 3 aromatic rings. The zero-order valence-electron chi connectivity index (χ0n) is 14.0. The van der Waals surface area contributed by atoms with Crippen molar-refractivity contribution < 1.29 is 14.3 Å². The van der Waals surface area contributed by atoms with Crippen LogP contribution in [-0.4, -0.2) is 45.3 Å². The predicted molar refractivity (Wildman–Crippen MR) is 99.2 cm³/mol. The molecule has 1 aliphatic heterocycles. The Labute approximate surface area is 158 Å². The highest BCUT2D eigenvalue weighted by Crippen LogP contribution is 2.25. The molecule has 4 N–H and O–H groups in total. The summed E-state index contributed by atoms with van der Waals surface area (Å²) in [6.07, 6.45) is 2.38. The van der Waals surface area contributed by atoms with Crippen molar-refractivity contribution in [3.63, 3.8) is 0 Å². The van der Waals surface area contributed by atoms with E-state index < -0.39 is 5.82 Å². The van der Waals surface area contributed by atoms with Crippen LogP contribution in [0.2, 0.25) is 5.02 Å². The third kappa shape index (κ3) is 3.44. The Kier molecular flexibility index (Phi) is 4.65. The maximum absolute atomic E-state index is 13.3. The third-order valence-electron chi connectivity index (χ3n) is 4.28. The van der Waals surface area contributed by atoms with Crippen LogP contribution in [0.3, 0.4) is 0 Å². The number of rotatable bonds is 4. The lowest BCUT2D eigenvalue weighted by Gasteiger charge is -2.18. The summed E-state index contributed by atoms with van der Waals surface area (Å²) >= 11 is 5.76. The molecule has 1 aromatic carbocycles. The Bertz CT molecular complexity index is 1000. The molecule has 1 aliphatic rings. The average Bonchev–Trinajstić information content (AvgIpc) is 3.32. The maximum atomic E-state index is 13.3. The highest BCUT2D eigenvalue weighted by molar-refractivity contribution is 6.31. The summed E-state index contributed by atoms with van der Waals surface area (Å²) < 4.78 is 18.7. The van der Waals surface area contributed by atoms with E-state index in [4.69, 9.17) is 21.7 Å². The van der Waals surface area contributed by atoms with Gasteiger partial charge in [-0.15, -0.1) is 0 Å². The van der Waals surface area contributed by atoms with Gasteiger partial charge in [-0.25, -0.2) is 14.4 Å². The standard InChI is InChI=1S/C17H16ClFN6O2/c18-12-7-10(1-2-13(12)19)25(26)15(20)11-3-5-21-16-14(11)23-17(24-16)22-9-4-6-27-8-9/h1-3,5,7,9,20,26H,4,6,8H2,(H2,21,22,23,24). The van der Waals surface area contributed by atoms with Crippen LogP contribution in [-0.2, 0) is 4.74 Å².